The van der Waals surface area contributed by atoms with Gasteiger partial charge in [-0.2, -0.15) is 0 Å². The van der Waals surface area contributed by atoms with E-state index in [4.69, 9.17) is 19.2 Å². The molecule has 0 radical (unpaired) electrons. The van der Waals surface area contributed by atoms with Crippen molar-refractivity contribution in [3.05, 3.63) is 85.4 Å². The molecule has 2 N–H and O–H groups in total. The normalized spacial score (nSPS) is 19.1. The standard InChI is InChI=1S/C27H25FN6O4/c1-3-13-36-25(35)27(2)15-37-24(38-16-27)23-33-21(17-6-8-18(28)9-7-17)22(34-23)20-10-12-30-26(32-20)31-19-5-4-11-29-14-19/h3-12,14,24H,1,13,15-16H2,2H3,(H,33,34)(H,30,31,32). The minimum absolute atomic E-state index is 0.0717. The number of aromatic amines is 1. The molecule has 1 aliphatic heterocycles. The third kappa shape index (κ3) is 5.43. The molecule has 38 heavy (non-hydrogen) atoms. The van der Waals surface area contributed by atoms with E-state index in [0.29, 0.717) is 34.4 Å². The first-order valence-corrected chi connectivity index (χ1v) is 11.8. The number of anilines is 2. The highest BCUT2D eigenvalue weighted by atomic mass is 19.1. The van der Waals surface area contributed by atoms with E-state index in [0.717, 1.165) is 5.69 Å². The summed E-state index contributed by atoms with van der Waals surface area (Å²) in [5.41, 5.74) is 2.06. The SMILES string of the molecule is C=CCOC(=O)C1(C)COC(c2nc(-c3ccc(F)cc3)c(-c3ccnc(Nc4cccnc4)n3)[nH]2)OC1. The Morgan fingerprint density at radius 3 is 2.71 bits per heavy atom. The van der Waals surface area contributed by atoms with Crippen molar-refractivity contribution in [2.24, 2.45) is 5.41 Å². The number of imidazole rings is 1. The van der Waals surface area contributed by atoms with Crippen molar-refractivity contribution in [2.75, 3.05) is 25.1 Å². The van der Waals surface area contributed by atoms with Gasteiger partial charge < -0.3 is 24.5 Å². The Morgan fingerprint density at radius 1 is 1.21 bits per heavy atom. The number of rotatable bonds is 8. The number of hydrogen-bond acceptors (Lipinski definition) is 9. The summed E-state index contributed by atoms with van der Waals surface area (Å²) in [6, 6.07) is 11.4. The second-order valence-corrected chi connectivity index (χ2v) is 8.89. The van der Waals surface area contributed by atoms with Crippen LogP contribution in [0.2, 0.25) is 0 Å². The van der Waals surface area contributed by atoms with E-state index in [1.54, 1.807) is 49.8 Å². The Morgan fingerprint density at radius 2 is 2.00 bits per heavy atom. The second kappa shape index (κ2) is 10.9. The van der Waals surface area contributed by atoms with Crippen LogP contribution >= 0.6 is 0 Å². The molecule has 1 aromatic carbocycles. The van der Waals surface area contributed by atoms with Crippen LogP contribution in [0.5, 0.6) is 0 Å². The average molecular weight is 517 g/mol. The van der Waals surface area contributed by atoms with Gasteiger partial charge in [0.1, 0.15) is 17.8 Å². The van der Waals surface area contributed by atoms with Crippen molar-refractivity contribution in [2.45, 2.75) is 13.2 Å². The van der Waals surface area contributed by atoms with Crippen LogP contribution in [0, 0.1) is 11.2 Å². The molecular weight excluding hydrogens is 491 g/mol. The van der Waals surface area contributed by atoms with E-state index < -0.39 is 17.7 Å². The summed E-state index contributed by atoms with van der Waals surface area (Å²) in [7, 11) is 0. The smallest absolute Gasteiger partial charge is 0.316 e. The number of ether oxygens (including phenoxy) is 3. The number of aromatic nitrogens is 5. The highest BCUT2D eigenvalue weighted by molar-refractivity contribution is 5.78. The fraction of sp³-hybridized carbons (Fsp3) is 0.222. The number of hydrogen-bond donors (Lipinski definition) is 2. The molecule has 1 aliphatic rings. The average Bonchev–Trinajstić information content (AvgIpc) is 3.39. The molecule has 194 valence electrons. The zero-order valence-corrected chi connectivity index (χ0v) is 20.6. The highest BCUT2D eigenvalue weighted by Crippen LogP contribution is 2.36. The van der Waals surface area contributed by atoms with Gasteiger partial charge in [0.05, 0.1) is 42.2 Å². The molecule has 1 fully saturated rings. The first kappa shape index (κ1) is 25.2. The summed E-state index contributed by atoms with van der Waals surface area (Å²) in [6.45, 7) is 5.52. The van der Waals surface area contributed by atoms with Crippen molar-refractivity contribution in [3.63, 3.8) is 0 Å². The molecule has 5 rings (SSSR count). The van der Waals surface area contributed by atoms with Gasteiger partial charge in [-0.05, 0) is 49.4 Å². The van der Waals surface area contributed by atoms with Gasteiger partial charge >= 0.3 is 5.97 Å². The number of carbonyl (C=O) groups excluding carboxylic acids is 1. The second-order valence-electron chi connectivity index (χ2n) is 8.89. The van der Waals surface area contributed by atoms with Gasteiger partial charge in [-0.25, -0.2) is 19.3 Å². The molecule has 0 unspecified atom stereocenters. The van der Waals surface area contributed by atoms with Gasteiger partial charge in [0.2, 0.25) is 12.2 Å². The quantitative estimate of drug-likeness (QED) is 0.255. The lowest BCUT2D eigenvalue weighted by Crippen LogP contribution is -2.43. The van der Waals surface area contributed by atoms with E-state index in [9.17, 15) is 9.18 Å². The fourth-order valence-corrected chi connectivity index (χ4v) is 3.82. The summed E-state index contributed by atoms with van der Waals surface area (Å²) in [6.07, 6.45) is 5.58. The molecule has 10 nitrogen and oxygen atoms in total. The Hall–Kier alpha value is -4.48. The predicted octanol–water partition coefficient (Wildman–Crippen LogP) is 4.59. The number of nitrogens with zero attached hydrogens (tertiary/aromatic N) is 4. The van der Waals surface area contributed by atoms with Crippen LogP contribution in [-0.4, -0.2) is 50.7 Å². The van der Waals surface area contributed by atoms with Crippen LogP contribution < -0.4 is 5.32 Å². The lowest BCUT2D eigenvalue weighted by Gasteiger charge is -2.34. The maximum absolute atomic E-state index is 13.7. The summed E-state index contributed by atoms with van der Waals surface area (Å²) < 4.78 is 30.6. The number of carbonyl (C=O) groups is 1. The maximum Gasteiger partial charge on any atom is 0.316 e. The molecule has 4 aromatic rings. The molecule has 4 heterocycles. The number of H-pyrrole nitrogens is 1. The molecule has 11 heteroatoms. The van der Waals surface area contributed by atoms with Gasteiger partial charge in [-0.1, -0.05) is 12.7 Å². The Bertz CT molecular complexity index is 1420. The number of pyridine rings is 1. The van der Waals surface area contributed by atoms with E-state index in [-0.39, 0.29) is 25.6 Å². The monoisotopic (exact) mass is 516 g/mol. The van der Waals surface area contributed by atoms with E-state index >= 15 is 0 Å². The van der Waals surface area contributed by atoms with E-state index in [2.05, 4.69) is 31.8 Å². The number of halogens is 1. The third-order valence-electron chi connectivity index (χ3n) is 5.82. The van der Waals surface area contributed by atoms with Gasteiger partial charge in [0, 0.05) is 18.0 Å². The van der Waals surface area contributed by atoms with Crippen molar-refractivity contribution >= 4 is 17.6 Å². The lowest BCUT2D eigenvalue weighted by atomic mass is 9.92. The summed E-state index contributed by atoms with van der Waals surface area (Å²) in [5, 5.41) is 3.12. The Labute approximate surface area is 217 Å². The Kier molecular flexibility index (Phi) is 7.20. The van der Waals surface area contributed by atoms with Gasteiger partial charge in [0.15, 0.2) is 5.82 Å². The first-order valence-electron chi connectivity index (χ1n) is 11.8. The molecule has 0 spiro atoms. The van der Waals surface area contributed by atoms with Gasteiger partial charge in [-0.15, -0.1) is 0 Å². The lowest BCUT2D eigenvalue weighted by molar-refractivity contribution is -0.238. The third-order valence-corrected chi connectivity index (χ3v) is 5.82. The number of nitrogens with one attached hydrogen (secondary N) is 2. The predicted molar refractivity (Wildman–Crippen MR) is 136 cm³/mol. The van der Waals surface area contributed by atoms with Crippen LogP contribution in [0.15, 0.2) is 73.7 Å². The minimum atomic E-state index is -0.964. The molecule has 0 atom stereocenters. The Balaban J connectivity index is 1.44. The zero-order chi connectivity index (χ0) is 26.5. The van der Waals surface area contributed by atoms with Gasteiger partial charge in [0.25, 0.3) is 0 Å². The maximum atomic E-state index is 13.7. The molecule has 3 aromatic heterocycles. The molecule has 0 bridgehead atoms. The topological polar surface area (TPSA) is 124 Å². The summed E-state index contributed by atoms with van der Waals surface area (Å²) in [5.74, 6) is -0.0628. The molecule has 0 amide bonds. The number of esters is 1. The zero-order valence-electron chi connectivity index (χ0n) is 20.6. The van der Waals surface area contributed by atoms with Crippen molar-refractivity contribution in [1.29, 1.82) is 0 Å². The van der Waals surface area contributed by atoms with Crippen LogP contribution in [0.3, 0.4) is 0 Å². The minimum Gasteiger partial charge on any atom is -0.461 e. The first-order chi connectivity index (χ1) is 18.4. The van der Waals surface area contributed by atoms with Crippen molar-refractivity contribution in [3.8, 4) is 22.6 Å². The van der Waals surface area contributed by atoms with Crippen molar-refractivity contribution in [1.82, 2.24) is 24.9 Å². The molecular formula is C27H25FN6O4. The summed E-state index contributed by atoms with van der Waals surface area (Å²) in [4.78, 5) is 33.4. The van der Waals surface area contributed by atoms with Crippen molar-refractivity contribution < 1.29 is 23.4 Å². The van der Waals surface area contributed by atoms with Gasteiger partial charge in [-0.3, -0.25) is 9.78 Å². The number of benzene rings is 1. The molecule has 1 saturated heterocycles. The summed E-state index contributed by atoms with van der Waals surface area (Å²) >= 11 is 0. The fourth-order valence-electron chi connectivity index (χ4n) is 3.82. The highest BCUT2D eigenvalue weighted by Gasteiger charge is 2.42. The molecule has 0 saturated carbocycles. The van der Waals surface area contributed by atoms with E-state index in [1.807, 2.05) is 6.07 Å². The van der Waals surface area contributed by atoms with Crippen LogP contribution in [0.4, 0.5) is 16.0 Å². The molecule has 0 aliphatic carbocycles. The van der Waals surface area contributed by atoms with Crippen LogP contribution in [-0.2, 0) is 19.0 Å². The van der Waals surface area contributed by atoms with E-state index in [1.165, 1.54) is 18.2 Å². The van der Waals surface area contributed by atoms with Crippen LogP contribution in [0.1, 0.15) is 19.0 Å². The largest absolute Gasteiger partial charge is 0.461 e. The van der Waals surface area contributed by atoms with Crippen LogP contribution in [0.25, 0.3) is 22.6 Å².